The molecule has 0 heterocycles. The van der Waals surface area contributed by atoms with E-state index in [4.69, 9.17) is 4.74 Å². The highest BCUT2D eigenvalue weighted by Crippen LogP contribution is 2.58. The number of rotatable bonds is 1. The highest BCUT2D eigenvalue weighted by molar-refractivity contribution is 14.1. The van der Waals surface area contributed by atoms with Crippen LogP contribution in [0.3, 0.4) is 0 Å². The van der Waals surface area contributed by atoms with Gasteiger partial charge in [-0.15, -0.1) is 0 Å². The van der Waals surface area contributed by atoms with E-state index in [0.717, 1.165) is 24.2 Å². The standard InChI is InChI=1S/C12H17IO2/c13-12(14)15-11-6-7-5-10(11)9-4-2-1-3-8(7)9/h7-11H,1-6H2. The van der Waals surface area contributed by atoms with Gasteiger partial charge in [-0.1, -0.05) is 12.8 Å². The van der Waals surface area contributed by atoms with Gasteiger partial charge >= 0.3 is 3.98 Å². The topological polar surface area (TPSA) is 26.3 Å². The molecule has 0 saturated heterocycles. The number of hydrogen-bond acceptors (Lipinski definition) is 2. The number of carbonyl (C=O) groups is 1. The first-order valence-electron chi connectivity index (χ1n) is 6.12. The molecule has 0 aromatic rings. The molecule has 5 atom stereocenters. The Morgan fingerprint density at radius 3 is 2.53 bits per heavy atom. The van der Waals surface area contributed by atoms with Crippen LogP contribution in [0.15, 0.2) is 0 Å². The average molecular weight is 320 g/mol. The molecule has 3 aliphatic carbocycles. The molecule has 3 rings (SSSR count). The lowest BCUT2D eigenvalue weighted by Crippen LogP contribution is -2.35. The molecular formula is C12H17IO2. The quantitative estimate of drug-likeness (QED) is 0.543. The van der Waals surface area contributed by atoms with Gasteiger partial charge in [0, 0.05) is 0 Å². The van der Waals surface area contributed by atoms with Gasteiger partial charge in [0.25, 0.3) is 0 Å². The molecular weight excluding hydrogens is 303 g/mol. The molecule has 84 valence electrons. The van der Waals surface area contributed by atoms with E-state index in [1.165, 1.54) is 32.1 Å². The number of halogens is 1. The van der Waals surface area contributed by atoms with E-state index < -0.39 is 0 Å². The van der Waals surface area contributed by atoms with E-state index in [2.05, 4.69) is 0 Å². The molecule has 2 bridgehead atoms. The summed E-state index contributed by atoms with van der Waals surface area (Å²) in [7, 11) is 0. The largest absolute Gasteiger partial charge is 0.455 e. The van der Waals surface area contributed by atoms with E-state index in [1.54, 1.807) is 22.6 Å². The average Bonchev–Trinajstić information content (AvgIpc) is 2.75. The van der Waals surface area contributed by atoms with Crippen LogP contribution in [0.4, 0.5) is 4.79 Å². The Morgan fingerprint density at radius 2 is 1.80 bits per heavy atom. The Labute approximate surface area is 104 Å². The van der Waals surface area contributed by atoms with Crippen LogP contribution >= 0.6 is 22.6 Å². The van der Waals surface area contributed by atoms with Crippen LogP contribution in [0, 0.1) is 23.7 Å². The third-order valence-corrected chi connectivity index (χ3v) is 5.12. The zero-order valence-corrected chi connectivity index (χ0v) is 11.0. The van der Waals surface area contributed by atoms with Crippen LogP contribution in [0.5, 0.6) is 0 Å². The van der Waals surface area contributed by atoms with Crippen molar-refractivity contribution in [2.75, 3.05) is 0 Å². The van der Waals surface area contributed by atoms with Crippen molar-refractivity contribution in [3.63, 3.8) is 0 Å². The van der Waals surface area contributed by atoms with Gasteiger partial charge < -0.3 is 4.74 Å². The van der Waals surface area contributed by atoms with Crippen LogP contribution in [0.2, 0.25) is 0 Å². The molecule has 3 saturated carbocycles. The lowest BCUT2D eigenvalue weighted by Gasteiger charge is -2.38. The summed E-state index contributed by atoms with van der Waals surface area (Å²) in [6, 6.07) is 0. The van der Waals surface area contributed by atoms with Crippen LogP contribution in [-0.2, 0) is 4.74 Å². The summed E-state index contributed by atoms with van der Waals surface area (Å²) < 4.78 is 5.33. The van der Waals surface area contributed by atoms with Crippen LogP contribution in [0.25, 0.3) is 0 Å². The first-order chi connectivity index (χ1) is 7.25. The molecule has 15 heavy (non-hydrogen) atoms. The van der Waals surface area contributed by atoms with Crippen molar-refractivity contribution >= 4 is 26.6 Å². The van der Waals surface area contributed by atoms with E-state index in [0.29, 0.717) is 5.92 Å². The minimum atomic E-state index is -0.113. The van der Waals surface area contributed by atoms with Crippen molar-refractivity contribution < 1.29 is 9.53 Å². The second-order valence-corrected chi connectivity index (χ2v) is 6.28. The highest BCUT2D eigenvalue weighted by Gasteiger charge is 2.53. The summed E-state index contributed by atoms with van der Waals surface area (Å²) in [5.74, 6) is 3.45. The summed E-state index contributed by atoms with van der Waals surface area (Å²) >= 11 is 1.76. The maximum absolute atomic E-state index is 11.0. The minimum Gasteiger partial charge on any atom is -0.455 e. The Bertz CT molecular complexity index is 279. The zero-order chi connectivity index (χ0) is 10.4. The van der Waals surface area contributed by atoms with E-state index in [-0.39, 0.29) is 10.1 Å². The minimum absolute atomic E-state index is 0.113. The summed E-state index contributed by atoms with van der Waals surface area (Å²) in [5, 5.41) is 0. The Morgan fingerprint density at radius 1 is 1.07 bits per heavy atom. The first kappa shape index (κ1) is 10.4. The predicted molar refractivity (Wildman–Crippen MR) is 66.0 cm³/mol. The molecule has 0 aliphatic heterocycles. The van der Waals surface area contributed by atoms with Crippen LogP contribution in [-0.4, -0.2) is 10.1 Å². The lowest BCUT2D eigenvalue weighted by molar-refractivity contribution is 0.0283. The molecule has 3 aliphatic rings. The Kier molecular flexibility index (Phi) is 2.69. The lowest BCUT2D eigenvalue weighted by atomic mass is 9.70. The summed E-state index contributed by atoms with van der Waals surface area (Å²) in [5.41, 5.74) is 0. The molecule has 0 spiro atoms. The third kappa shape index (κ3) is 1.71. The first-order valence-corrected chi connectivity index (χ1v) is 7.19. The van der Waals surface area contributed by atoms with Gasteiger partial charge in [0.1, 0.15) is 6.10 Å². The number of ether oxygens (including phenoxy) is 1. The molecule has 2 nitrogen and oxygen atoms in total. The fourth-order valence-corrected chi connectivity index (χ4v) is 4.76. The molecule has 0 radical (unpaired) electrons. The van der Waals surface area contributed by atoms with Gasteiger partial charge in [-0.05, 0) is 49.4 Å². The maximum Gasteiger partial charge on any atom is 0.367 e. The van der Waals surface area contributed by atoms with Crippen molar-refractivity contribution in [1.82, 2.24) is 0 Å². The van der Waals surface area contributed by atoms with Gasteiger partial charge in [-0.3, -0.25) is 0 Å². The van der Waals surface area contributed by atoms with Crippen molar-refractivity contribution in [3.05, 3.63) is 0 Å². The van der Waals surface area contributed by atoms with Crippen LogP contribution in [0.1, 0.15) is 38.5 Å². The number of carbonyl (C=O) groups excluding carboxylic acids is 1. The van der Waals surface area contributed by atoms with Crippen molar-refractivity contribution in [3.8, 4) is 0 Å². The maximum atomic E-state index is 11.0. The Balaban J connectivity index is 1.72. The molecule has 0 aromatic heterocycles. The third-order valence-electron chi connectivity index (χ3n) is 4.86. The van der Waals surface area contributed by atoms with Gasteiger partial charge in [0.2, 0.25) is 0 Å². The second kappa shape index (κ2) is 3.90. The summed E-state index contributed by atoms with van der Waals surface area (Å²) in [4.78, 5) is 11.0. The van der Waals surface area contributed by atoms with Crippen molar-refractivity contribution in [2.45, 2.75) is 44.6 Å². The van der Waals surface area contributed by atoms with Crippen molar-refractivity contribution in [2.24, 2.45) is 23.7 Å². The molecule has 3 fully saturated rings. The monoisotopic (exact) mass is 320 g/mol. The van der Waals surface area contributed by atoms with E-state index >= 15 is 0 Å². The van der Waals surface area contributed by atoms with Gasteiger partial charge in [0.05, 0.1) is 22.6 Å². The van der Waals surface area contributed by atoms with Gasteiger partial charge in [-0.25, -0.2) is 4.79 Å². The van der Waals surface area contributed by atoms with E-state index in [1.807, 2.05) is 0 Å². The number of hydrogen-bond donors (Lipinski definition) is 0. The fourth-order valence-electron chi connectivity index (χ4n) is 4.43. The Hall–Kier alpha value is 0.200. The smallest absolute Gasteiger partial charge is 0.367 e. The van der Waals surface area contributed by atoms with Gasteiger partial charge in [-0.2, -0.15) is 0 Å². The predicted octanol–water partition coefficient (Wildman–Crippen LogP) is 3.77. The molecule has 0 amide bonds. The fraction of sp³-hybridized carbons (Fsp3) is 0.917. The highest BCUT2D eigenvalue weighted by atomic mass is 127. The zero-order valence-electron chi connectivity index (χ0n) is 8.82. The van der Waals surface area contributed by atoms with E-state index in [9.17, 15) is 4.79 Å². The van der Waals surface area contributed by atoms with Crippen LogP contribution < -0.4 is 0 Å². The van der Waals surface area contributed by atoms with Gasteiger partial charge in [0.15, 0.2) is 0 Å². The SMILES string of the molecule is O=C(I)OC1CC2CC1C1CCCCC21. The molecule has 3 heteroatoms. The second-order valence-electron chi connectivity index (χ2n) is 5.40. The summed E-state index contributed by atoms with van der Waals surface area (Å²) in [6.07, 6.45) is 8.41. The summed E-state index contributed by atoms with van der Waals surface area (Å²) in [6.45, 7) is 0. The molecule has 0 aromatic carbocycles. The molecule has 5 unspecified atom stereocenters. The number of fused-ring (bicyclic) bond motifs is 5. The normalized spacial score (nSPS) is 47.7. The molecule has 0 N–H and O–H groups in total. The van der Waals surface area contributed by atoms with Crippen molar-refractivity contribution in [1.29, 1.82) is 0 Å².